The van der Waals surface area contributed by atoms with Gasteiger partial charge in [-0.15, -0.1) is 0 Å². The minimum absolute atomic E-state index is 0.105. The molecule has 6 heteroatoms. The van der Waals surface area contributed by atoms with E-state index in [-0.39, 0.29) is 15.9 Å². The molecule has 0 spiro atoms. The molecule has 0 bridgehead atoms. The van der Waals surface area contributed by atoms with E-state index >= 15 is 0 Å². The van der Waals surface area contributed by atoms with Crippen LogP contribution in [0.4, 0.5) is 8.78 Å². The first-order valence-corrected chi connectivity index (χ1v) is 5.59. The highest BCUT2D eigenvalue weighted by Crippen LogP contribution is 2.34. The highest BCUT2D eigenvalue weighted by Gasteiger charge is 2.17. The minimum atomic E-state index is -2.54. The van der Waals surface area contributed by atoms with Crippen molar-refractivity contribution >= 4 is 31.9 Å². The molecule has 2 nitrogen and oxygen atoms in total. The van der Waals surface area contributed by atoms with Crippen LogP contribution in [0.1, 0.15) is 17.7 Å². The van der Waals surface area contributed by atoms with Gasteiger partial charge in [-0.2, -0.15) is 0 Å². The lowest BCUT2D eigenvalue weighted by atomic mass is 10.2. The fourth-order valence-corrected chi connectivity index (χ4v) is 1.77. The van der Waals surface area contributed by atoms with E-state index < -0.39 is 6.43 Å². The molecular weight excluding hydrogens is 324 g/mol. The molecule has 0 fully saturated rings. The SMILES string of the molecule is COc1nc(CBr)cc(C(F)F)c1Br. The lowest BCUT2D eigenvalue weighted by Gasteiger charge is -2.09. The second-order valence-electron chi connectivity index (χ2n) is 2.46. The smallest absolute Gasteiger partial charge is 0.265 e. The Morgan fingerprint density at radius 3 is 2.64 bits per heavy atom. The molecule has 0 aliphatic heterocycles. The molecule has 1 aromatic heterocycles. The topological polar surface area (TPSA) is 22.1 Å². The fourth-order valence-electron chi connectivity index (χ4n) is 0.941. The summed E-state index contributed by atoms with van der Waals surface area (Å²) in [5.41, 5.74) is 0.409. The van der Waals surface area contributed by atoms with Crippen LogP contribution in [0.2, 0.25) is 0 Å². The summed E-state index contributed by atoms with van der Waals surface area (Å²) >= 11 is 6.17. The number of rotatable bonds is 3. The van der Waals surface area contributed by atoms with E-state index in [9.17, 15) is 8.78 Å². The van der Waals surface area contributed by atoms with E-state index in [1.54, 1.807) is 0 Å². The third-order valence-electron chi connectivity index (χ3n) is 1.57. The Kier molecular flexibility index (Phi) is 4.25. The van der Waals surface area contributed by atoms with Crippen LogP contribution in [0.3, 0.4) is 0 Å². The van der Waals surface area contributed by atoms with Crippen molar-refractivity contribution in [3.63, 3.8) is 0 Å². The summed E-state index contributed by atoms with van der Waals surface area (Å²) in [6.07, 6.45) is -2.54. The minimum Gasteiger partial charge on any atom is -0.480 e. The quantitative estimate of drug-likeness (QED) is 0.789. The maximum atomic E-state index is 12.5. The Bertz CT molecular complexity index is 333. The molecule has 0 unspecified atom stereocenters. The van der Waals surface area contributed by atoms with Crippen LogP contribution in [0.5, 0.6) is 5.88 Å². The van der Waals surface area contributed by atoms with Crippen molar-refractivity contribution in [1.29, 1.82) is 0 Å². The van der Waals surface area contributed by atoms with Gasteiger partial charge in [0.1, 0.15) is 0 Å². The number of hydrogen-bond acceptors (Lipinski definition) is 2. The van der Waals surface area contributed by atoms with Crippen LogP contribution in [0.25, 0.3) is 0 Å². The number of ether oxygens (including phenoxy) is 1. The molecule has 0 aromatic carbocycles. The molecule has 0 radical (unpaired) electrons. The largest absolute Gasteiger partial charge is 0.480 e. The first-order valence-electron chi connectivity index (χ1n) is 3.67. The van der Waals surface area contributed by atoms with Gasteiger partial charge in [-0.05, 0) is 22.0 Å². The predicted octanol–water partition coefficient (Wildman–Crippen LogP) is 3.69. The molecule has 0 saturated heterocycles. The van der Waals surface area contributed by atoms with Crippen molar-refractivity contribution < 1.29 is 13.5 Å². The normalized spacial score (nSPS) is 10.7. The standard InChI is InChI=1S/C8H7Br2F2NO/c1-14-8-6(10)5(7(11)12)2-4(3-9)13-8/h2,7H,3H2,1H3. The second-order valence-corrected chi connectivity index (χ2v) is 3.81. The number of methoxy groups -OCH3 is 1. The molecule has 1 aromatic rings. The van der Waals surface area contributed by atoms with E-state index in [4.69, 9.17) is 4.74 Å². The molecule has 78 valence electrons. The second kappa shape index (κ2) is 5.02. The summed E-state index contributed by atoms with van der Waals surface area (Å²) in [5, 5.41) is 0.413. The van der Waals surface area contributed by atoms with Crippen molar-refractivity contribution in [2.24, 2.45) is 0 Å². The zero-order valence-corrected chi connectivity index (χ0v) is 10.4. The first kappa shape index (κ1) is 11.8. The number of hydrogen-bond donors (Lipinski definition) is 0. The third kappa shape index (κ3) is 2.42. The molecule has 0 aliphatic rings. The summed E-state index contributed by atoms with van der Waals surface area (Å²) in [5.74, 6) is 0.178. The maximum Gasteiger partial charge on any atom is 0.265 e. The van der Waals surface area contributed by atoms with Crippen LogP contribution in [0, 0.1) is 0 Å². The summed E-state index contributed by atoms with van der Waals surface area (Å²) in [4.78, 5) is 4.00. The maximum absolute atomic E-state index is 12.5. The Balaban J connectivity index is 3.27. The van der Waals surface area contributed by atoms with E-state index in [1.165, 1.54) is 13.2 Å². The van der Waals surface area contributed by atoms with Gasteiger partial charge in [-0.25, -0.2) is 13.8 Å². The zero-order chi connectivity index (χ0) is 10.7. The van der Waals surface area contributed by atoms with E-state index in [2.05, 4.69) is 36.8 Å². The average Bonchev–Trinajstić information content (AvgIpc) is 2.17. The highest BCUT2D eigenvalue weighted by molar-refractivity contribution is 9.10. The van der Waals surface area contributed by atoms with Gasteiger partial charge in [0.05, 0.1) is 17.3 Å². The van der Waals surface area contributed by atoms with Crippen LogP contribution in [0.15, 0.2) is 10.5 Å². The molecule has 0 saturated carbocycles. The molecule has 14 heavy (non-hydrogen) atoms. The van der Waals surface area contributed by atoms with Crippen LogP contribution in [-0.4, -0.2) is 12.1 Å². The van der Waals surface area contributed by atoms with E-state index in [0.29, 0.717) is 11.0 Å². The molecule has 0 atom stereocenters. The predicted molar refractivity (Wildman–Crippen MR) is 56.1 cm³/mol. The molecule has 1 heterocycles. The van der Waals surface area contributed by atoms with Gasteiger partial charge < -0.3 is 4.74 Å². The number of halogens is 4. The van der Waals surface area contributed by atoms with Crippen LogP contribution in [-0.2, 0) is 5.33 Å². The number of pyridine rings is 1. The monoisotopic (exact) mass is 329 g/mol. The summed E-state index contributed by atoms with van der Waals surface area (Å²) in [6, 6.07) is 1.34. The van der Waals surface area contributed by atoms with Gasteiger partial charge in [0, 0.05) is 10.9 Å². The number of nitrogens with zero attached hydrogens (tertiary/aromatic N) is 1. The lowest BCUT2D eigenvalue weighted by Crippen LogP contribution is -1.98. The Morgan fingerprint density at radius 2 is 2.21 bits per heavy atom. The van der Waals surface area contributed by atoms with Gasteiger partial charge >= 0.3 is 0 Å². The van der Waals surface area contributed by atoms with Crippen molar-refractivity contribution in [3.8, 4) is 5.88 Å². The Hall–Kier alpha value is -0.230. The van der Waals surface area contributed by atoms with Crippen molar-refractivity contribution in [2.75, 3.05) is 7.11 Å². The number of alkyl halides is 3. The molecule has 0 amide bonds. The van der Waals surface area contributed by atoms with Crippen molar-refractivity contribution in [1.82, 2.24) is 4.98 Å². The molecule has 1 rings (SSSR count). The van der Waals surface area contributed by atoms with Crippen LogP contribution >= 0.6 is 31.9 Å². The van der Waals surface area contributed by atoms with Crippen molar-refractivity contribution in [3.05, 3.63) is 21.8 Å². The average molecular weight is 331 g/mol. The summed E-state index contributed by atoms with van der Waals surface area (Å²) in [6.45, 7) is 0. The van der Waals surface area contributed by atoms with Gasteiger partial charge in [-0.1, -0.05) is 15.9 Å². The van der Waals surface area contributed by atoms with Crippen LogP contribution < -0.4 is 4.74 Å². The highest BCUT2D eigenvalue weighted by atomic mass is 79.9. The Labute approximate surface area is 96.9 Å². The molecule has 0 N–H and O–H groups in total. The Morgan fingerprint density at radius 1 is 1.57 bits per heavy atom. The summed E-state index contributed by atoms with van der Waals surface area (Å²) in [7, 11) is 1.39. The van der Waals surface area contributed by atoms with Gasteiger partial charge in [0.25, 0.3) is 6.43 Å². The fraction of sp³-hybridized carbons (Fsp3) is 0.375. The molecular formula is C8H7Br2F2NO. The molecule has 0 aliphatic carbocycles. The first-order chi connectivity index (χ1) is 6.60. The van der Waals surface area contributed by atoms with Gasteiger partial charge in [0.2, 0.25) is 5.88 Å². The number of aromatic nitrogens is 1. The zero-order valence-electron chi connectivity index (χ0n) is 7.23. The van der Waals surface area contributed by atoms with Crippen molar-refractivity contribution in [2.45, 2.75) is 11.8 Å². The van der Waals surface area contributed by atoms with Gasteiger partial charge in [0.15, 0.2) is 0 Å². The summed E-state index contributed by atoms with van der Waals surface area (Å²) < 4.78 is 30.1. The third-order valence-corrected chi connectivity index (χ3v) is 2.95. The van der Waals surface area contributed by atoms with E-state index in [0.717, 1.165) is 0 Å². The van der Waals surface area contributed by atoms with E-state index in [1.807, 2.05) is 0 Å². The lowest BCUT2D eigenvalue weighted by molar-refractivity contribution is 0.149. The van der Waals surface area contributed by atoms with Gasteiger partial charge in [-0.3, -0.25) is 0 Å².